The van der Waals surface area contributed by atoms with Crippen LogP contribution in [-0.4, -0.2) is 37.9 Å². The lowest BCUT2D eigenvalue weighted by Gasteiger charge is -2.40. The van der Waals surface area contributed by atoms with Crippen molar-refractivity contribution < 1.29 is 9.53 Å². The summed E-state index contributed by atoms with van der Waals surface area (Å²) >= 11 is 0. The quantitative estimate of drug-likeness (QED) is 0.834. The zero-order chi connectivity index (χ0) is 13.9. The van der Waals surface area contributed by atoms with Crippen LogP contribution in [0.2, 0.25) is 0 Å². The highest BCUT2D eigenvalue weighted by Gasteiger charge is 2.40. The highest BCUT2D eigenvalue weighted by atomic mass is 16.5. The van der Waals surface area contributed by atoms with Crippen LogP contribution in [0, 0.1) is 0 Å². The molecule has 1 aromatic carbocycles. The van der Waals surface area contributed by atoms with E-state index >= 15 is 0 Å². The van der Waals surface area contributed by atoms with E-state index in [0.29, 0.717) is 12.2 Å². The Morgan fingerprint density at radius 3 is 2.32 bits per heavy atom. The SMILES string of the molecule is CCC(=O)C1(c2ccc(OC)cc2)CCN(C)CC1. The first kappa shape index (κ1) is 14.1. The molecular formula is C16H23NO2. The summed E-state index contributed by atoms with van der Waals surface area (Å²) in [5.74, 6) is 1.21. The van der Waals surface area contributed by atoms with Crippen LogP contribution in [0.15, 0.2) is 24.3 Å². The third kappa shape index (κ3) is 2.66. The Bertz CT molecular complexity index is 431. The average Bonchev–Trinajstić information content (AvgIpc) is 2.47. The molecule has 0 aliphatic carbocycles. The topological polar surface area (TPSA) is 29.5 Å². The summed E-state index contributed by atoms with van der Waals surface area (Å²) in [6.45, 7) is 3.93. The molecule has 0 unspecified atom stereocenters. The number of rotatable bonds is 4. The Kier molecular flexibility index (Phi) is 4.25. The van der Waals surface area contributed by atoms with E-state index in [4.69, 9.17) is 4.74 Å². The molecule has 0 radical (unpaired) electrons. The van der Waals surface area contributed by atoms with E-state index < -0.39 is 0 Å². The summed E-state index contributed by atoms with van der Waals surface area (Å²) in [6, 6.07) is 8.02. The van der Waals surface area contributed by atoms with E-state index in [0.717, 1.165) is 37.2 Å². The van der Waals surface area contributed by atoms with Crippen molar-refractivity contribution in [2.24, 2.45) is 0 Å². The van der Waals surface area contributed by atoms with Crippen molar-refractivity contribution in [1.82, 2.24) is 4.90 Å². The first-order valence-corrected chi connectivity index (χ1v) is 6.99. The molecule has 1 aliphatic rings. The Labute approximate surface area is 115 Å². The lowest BCUT2D eigenvalue weighted by molar-refractivity contribution is -0.126. The van der Waals surface area contributed by atoms with E-state index in [-0.39, 0.29) is 5.41 Å². The van der Waals surface area contributed by atoms with Crippen molar-refractivity contribution >= 4 is 5.78 Å². The molecule has 2 rings (SSSR count). The van der Waals surface area contributed by atoms with E-state index in [2.05, 4.69) is 24.1 Å². The van der Waals surface area contributed by atoms with Gasteiger partial charge in [0.1, 0.15) is 11.5 Å². The van der Waals surface area contributed by atoms with E-state index in [1.165, 1.54) is 0 Å². The van der Waals surface area contributed by atoms with Gasteiger partial charge in [-0.1, -0.05) is 19.1 Å². The Balaban J connectivity index is 2.34. The van der Waals surface area contributed by atoms with Gasteiger partial charge in [0.2, 0.25) is 0 Å². The normalized spacial score (nSPS) is 19.1. The van der Waals surface area contributed by atoms with Gasteiger partial charge in [0.15, 0.2) is 0 Å². The molecule has 0 saturated carbocycles. The number of hydrogen-bond donors (Lipinski definition) is 0. The van der Waals surface area contributed by atoms with Crippen LogP contribution < -0.4 is 4.74 Å². The molecule has 0 spiro atoms. The van der Waals surface area contributed by atoms with Crippen LogP contribution in [-0.2, 0) is 10.2 Å². The van der Waals surface area contributed by atoms with Crippen LogP contribution in [0.1, 0.15) is 31.7 Å². The molecule has 0 aromatic heterocycles. The lowest BCUT2D eigenvalue weighted by Crippen LogP contribution is -2.45. The fraction of sp³-hybridized carbons (Fsp3) is 0.562. The monoisotopic (exact) mass is 261 g/mol. The second-order valence-corrected chi connectivity index (χ2v) is 5.39. The highest BCUT2D eigenvalue weighted by Crippen LogP contribution is 2.37. The molecule has 3 nitrogen and oxygen atoms in total. The van der Waals surface area contributed by atoms with Gasteiger partial charge < -0.3 is 9.64 Å². The summed E-state index contributed by atoms with van der Waals surface area (Å²) in [7, 11) is 3.78. The minimum absolute atomic E-state index is 0.284. The minimum atomic E-state index is -0.284. The zero-order valence-electron chi connectivity index (χ0n) is 12.1. The van der Waals surface area contributed by atoms with Crippen LogP contribution in [0.3, 0.4) is 0 Å². The van der Waals surface area contributed by atoms with Crippen LogP contribution in [0.25, 0.3) is 0 Å². The van der Waals surface area contributed by atoms with E-state index in [1.807, 2.05) is 19.1 Å². The highest BCUT2D eigenvalue weighted by molar-refractivity contribution is 5.90. The second-order valence-electron chi connectivity index (χ2n) is 5.39. The Morgan fingerprint density at radius 1 is 1.26 bits per heavy atom. The van der Waals surface area contributed by atoms with Crippen molar-refractivity contribution in [3.8, 4) is 5.75 Å². The molecule has 19 heavy (non-hydrogen) atoms. The molecule has 0 bridgehead atoms. The molecule has 0 atom stereocenters. The molecule has 1 saturated heterocycles. The number of piperidine rings is 1. The molecule has 0 N–H and O–H groups in total. The number of ether oxygens (including phenoxy) is 1. The van der Waals surface area contributed by atoms with Crippen molar-refractivity contribution in [3.63, 3.8) is 0 Å². The van der Waals surface area contributed by atoms with Gasteiger partial charge in [0, 0.05) is 6.42 Å². The van der Waals surface area contributed by atoms with E-state index in [1.54, 1.807) is 7.11 Å². The maximum Gasteiger partial charge on any atom is 0.143 e. The van der Waals surface area contributed by atoms with Crippen LogP contribution in [0.5, 0.6) is 5.75 Å². The zero-order valence-corrected chi connectivity index (χ0v) is 12.1. The van der Waals surface area contributed by atoms with Crippen LogP contribution in [0.4, 0.5) is 0 Å². The molecule has 0 amide bonds. The van der Waals surface area contributed by atoms with Crippen LogP contribution >= 0.6 is 0 Å². The third-order valence-corrected chi connectivity index (χ3v) is 4.34. The Morgan fingerprint density at radius 2 is 1.84 bits per heavy atom. The van der Waals surface area contributed by atoms with Crippen molar-refractivity contribution in [3.05, 3.63) is 29.8 Å². The number of ketones is 1. The maximum atomic E-state index is 12.5. The second kappa shape index (κ2) is 5.74. The number of likely N-dealkylation sites (tertiary alicyclic amines) is 1. The number of Topliss-reactive ketones (excluding diaryl/α,β-unsaturated/α-hetero) is 1. The summed E-state index contributed by atoms with van der Waals surface area (Å²) in [6.07, 6.45) is 2.45. The maximum absolute atomic E-state index is 12.5. The average molecular weight is 261 g/mol. The molecule has 1 heterocycles. The van der Waals surface area contributed by atoms with E-state index in [9.17, 15) is 4.79 Å². The first-order chi connectivity index (χ1) is 9.12. The Hall–Kier alpha value is -1.35. The number of nitrogens with zero attached hydrogens (tertiary/aromatic N) is 1. The van der Waals surface area contributed by atoms with Gasteiger partial charge in [-0.05, 0) is 50.7 Å². The van der Waals surface area contributed by atoms with Gasteiger partial charge in [-0.2, -0.15) is 0 Å². The van der Waals surface area contributed by atoms with Gasteiger partial charge in [0.05, 0.1) is 12.5 Å². The van der Waals surface area contributed by atoms with Crippen molar-refractivity contribution in [2.75, 3.05) is 27.2 Å². The molecule has 3 heteroatoms. The number of benzene rings is 1. The largest absolute Gasteiger partial charge is 0.497 e. The molecule has 1 fully saturated rings. The molecule has 104 valence electrons. The fourth-order valence-electron chi connectivity index (χ4n) is 2.98. The van der Waals surface area contributed by atoms with Gasteiger partial charge in [-0.3, -0.25) is 4.79 Å². The van der Waals surface area contributed by atoms with Gasteiger partial charge >= 0.3 is 0 Å². The number of carbonyl (C=O) groups excluding carboxylic acids is 1. The predicted octanol–water partition coefficient (Wildman–Crippen LogP) is 2.64. The standard InChI is InChI=1S/C16H23NO2/c1-4-15(18)16(9-11-17(2)12-10-16)13-5-7-14(19-3)8-6-13/h5-8H,4,9-12H2,1-3H3. The number of hydrogen-bond acceptors (Lipinski definition) is 3. The van der Waals surface area contributed by atoms with Gasteiger partial charge in [-0.25, -0.2) is 0 Å². The summed E-state index contributed by atoms with van der Waals surface area (Å²) in [4.78, 5) is 14.8. The summed E-state index contributed by atoms with van der Waals surface area (Å²) < 4.78 is 5.20. The van der Waals surface area contributed by atoms with Gasteiger partial charge in [-0.15, -0.1) is 0 Å². The molecular weight excluding hydrogens is 238 g/mol. The summed E-state index contributed by atoms with van der Waals surface area (Å²) in [5, 5.41) is 0. The predicted molar refractivity (Wildman–Crippen MR) is 76.7 cm³/mol. The number of methoxy groups -OCH3 is 1. The minimum Gasteiger partial charge on any atom is -0.497 e. The molecule has 1 aromatic rings. The summed E-state index contributed by atoms with van der Waals surface area (Å²) in [5.41, 5.74) is 0.862. The molecule has 1 aliphatic heterocycles. The first-order valence-electron chi connectivity index (χ1n) is 6.99. The van der Waals surface area contributed by atoms with Crippen molar-refractivity contribution in [2.45, 2.75) is 31.6 Å². The van der Waals surface area contributed by atoms with Crippen molar-refractivity contribution in [1.29, 1.82) is 0 Å². The third-order valence-electron chi connectivity index (χ3n) is 4.34. The lowest BCUT2D eigenvalue weighted by atomic mass is 9.69. The number of carbonyl (C=O) groups is 1. The van der Waals surface area contributed by atoms with Gasteiger partial charge in [0.25, 0.3) is 0 Å². The fourth-order valence-corrected chi connectivity index (χ4v) is 2.98. The smallest absolute Gasteiger partial charge is 0.143 e.